The summed E-state index contributed by atoms with van der Waals surface area (Å²) in [6, 6.07) is 2.31. The lowest BCUT2D eigenvalue weighted by Crippen LogP contribution is -2.15. The zero-order chi connectivity index (χ0) is 29.8. The lowest BCUT2D eigenvalue weighted by molar-refractivity contribution is 0.547. The Balaban J connectivity index is 0.000000285. The summed E-state index contributed by atoms with van der Waals surface area (Å²) in [5, 5.41) is 3.41. The van der Waals surface area contributed by atoms with Crippen molar-refractivity contribution >= 4 is 11.3 Å². The van der Waals surface area contributed by atoms with E-state index in [1.54, 1.807) is 11.3 Å². The Morgan fingerprint density at radius 3 is 1.39 bits per heavy atom. The molecule has 0 aliphatic heterocycles. The van der Waals surface area contributed by atoms with Gasteiger partial charge in [-0.1, -0.05) is 104 Å². The zero-order valence-corrected chi connectivity index (χ0v) is 28.6. The highest BCUT2D eigenvalue weighted by atomic mass is 32.1. The molecule has 0 fully saturated rings. The van der Waals surface area contributed by atoms with E-state index in [-0.39, 0.29) is 16.2 Å². The molecule has 3 heterocycles. The van der Waals surface area contributed by atoms with E-state index in [0.29, 0.717) is 17.8 Å². The highest BCUT2D eigenvalue weighted by Gasteiger charge is 2.23. The average Bonchev–Trinajstić information content (AvgIpc) is 3.45. The van der Waals surface area contributed by atoms with Crippen molar-refractivity contribution in [1.82, 2.24) is 19.1 Å². The van der Waals surface area contributed by atoms with Crippen LogP contribution >= 0.6 is 11.3 Å². The van der Waals surface area contributed by atoms with Gasteiger partial charge in [-0.3, -0.25) is 0 Å². The fourth-order valence-electron chi connectivity index (χ4n) is 3.84. The van der Waals surface area contributed by atoms with E-state index in [0.717, 1.165) is 0 Å². The molecule has 4 nitrogen and oxygen atoms in total. The molecule has 0 atom stereocenters. The third kappa shape index (κ3) is 10.0. The first-order chi connectivity index (χ1) is 17.1. The lowest BCUT2D eigenvalue weighted by atomic mass is 9.92. The maximum atomic E-state index is 4.67. The molecular weight excluding hydrogens is 484 g/mol. The van der Waals surface area contributed by atoms with Crippen LogP contribution in [0.5, 0.6) is 0 Å². The largest absolute Gasteiger partial charge is 0.354 e. The summed E-state index contributed by atoms with van der Waals surface area (Å²) < 4.78 is 4.37. The van der Waals surface area contributed by atoms with Crippen LogP contribution in [0.2, 0.25) is 0 Å². The van der Waals surface area contributed by atoms with Crippen LogP contribution in [-0.2, 0) is 30.3 Å². The standard InChI is InChI=1S/C11H20N2.C11H19NS.C11H19N/c1-8(2)10-12-9(7-13(10)6)11(3,4)5;1-10(2,3)8-7-13-9(12-8)11(4,5)6;1-8(2)10-6-11(9(3)4)12(5)7-10/h7-8H,1-6H3;7H,1-6H3;6-9H,1-5H3. The first kappa shape index (κ1) is 34.1. The summed E-state index contributed by atoms with van der Waals surface area (Å²) in [5.41, 5.74) is 5.79. The van der Waals surface area contributed by atoms with Crippen molar-refractivity contribution in [3.63, 3.8) is 0 Å². The Labute approximate surface area is 239 Å². The van der Waals surface area contributed by atoms with Crippen LogP contribution in [0.3, 0.4) is 0 Å². The van der Waals surface area contributed by atoms with Gasteiger partial charge in [0.25, 0.3) is 0 Å². The molecule has 0 bridgehead atoms. The van der Waals surface area contributed by atoms with E-state index in [1.807, 2.05) is 0 Å². The van der Waals surface area contributed by atoms with E-state index < -0.39 is 0 Å². The second-order valence-electron chi connectivity index (χ2n) is 14.7. The molecule has 0 saturated carbocycles. The minimum absolute atomic E-state index is 0.158. The molecule has 0 unspecified atom stereocenters. The summed E-state index contributed by atoms with van der Waals surface area (Å²) in [6.45, 7) is 33.1. The molecule has 3 aromatic rings. The lowest BCUT2D eigenvalue weighted by Gasteiger charge is -2.17. The molecule has 0 N–H and O–H groups in total. The molecule has 0 amide bonds. The number of imidazole rings is 1. The van der Waals surface area contributed by atoms with Crippen LogP contribution in [0, 0.1) is 0 Å². The Morgan fingerprint density at radius 1 is 0.632 bits per heavy atom. The van der Waals surface area contributed by atoms with Crippen LogP contribution in [-0.4, -0.2) is 19.1 Å². The third-order valence-corrected chi connectivity index (χ3v) is 7.70. The molecule has 0 spiro atoms. The Bertz CT molecular complexity index is 1090. The zero-order valence-electron chi connectivity index (χ0n) is 27.7. The molecule has 0 aromatic carbocycles. The van der Waals surface area contributed by atoms with E-state index in [1.165, 1.54) is 33.5 Å². The van der Waals surface area contributed by atoms with Crippen molar-refractivity contribution in [2.24, 2.45) is 14.1 Å². The van der Waals surface area contributed by atoms with E-state index in [2.05, 4.69) is 161 Å². The van der Waals surface area contributed by atoms with Crippen LogP contribution in [0.4, 0.5) is 0 Å². The molecule has 0 aliphatic carbocycles. The quantitative estimate of drug-likeness (QED) is 0.330. The van der Waals surface area contributed by atoms with Gasteiger partial charge < -0.3 is 9.13 Å². The van der Waals surface area contributed by atoms with E-state index in [4.69, 9.17) is 0 Å². The van der Waals surface area contributed by atoms with Crippen LogP contribution in [0.15, 0.2) is 23.8 Å². The van der Waals surface area contributed by atoms with E-state index >= 15 is 0 Å². The van der Waals surface area contributed by atoms with Crippen LogP contribution in [0.1, 0.15) is 155 Å². The number of aromatic nitrogens is 4. The van der Waals surface area contributed by atoms with Gasteiger partial charge in [-0.2, -0.15) is 0 Å². The van der Waals surface area contributed by atoms with Crippen molar-refractivity contribution in [2.45, 2.75) is 138 Å². The third-order valence-electron chi connectivity index (χ3n) is 6.43. The molecule has 3 aromatic heterocycles. The Hall–Kier alpha value is -1.88. The van der Waals surface area contributed by atoms with Crippen molar-refractivity contribution in [2.75, 3.05) is 0 Å². The van der Waals surface area contributed by atoms with Gasteiger partial charge in [-0.15, -0.1) is 11.3 Å². The molecule has 3 rings (SSSR count). The smallest absolute Gasteiger partial charge is 0.111 e. The fourth-order valence-corrected chi connectivity index (χ4v) is 4.97. The van der Waals surface area contributed by atoms with Gasteiger partial charge >= 0.3 is 0 Å². The fraction of sp³-hybridized carbons (Fsp3) is 0.697. The predicted octanol–water partition coefficient (Wildman–Crippen LogP) is 9.85. The topological polar surface area (TPSA) is 35.6 Å². The molecule has 0 saturated heterocycles. The van der Waals surface area contributed by atoms with Crippen LogP contribution in [0.25, 0.3) is 0 Å². The predicted molar refractivity (Wildman–Crippen MR) is 169 cm³/mol. The van der Waals surface area contributed by atoms with Gasteiger partial charge in [0.1, 0.15) is 5.82 Å². The van der Waals surface area contributed by atoms with Gasteiger partial charge in [-0.25, -0.2) is 9.97 Å². The molecule has 38 heavy (non-hydrogen) atoms. The van der Waals surface area contributed by atoms with E-state index in [9.17, 15) is 0 Å². The molecule has 216 valence electrons. The van der Waals surface area contributed by atoms with Gasteiger partial charge in [0.2, 0.25) is 0 Å². The number of thiazole rings is 1. The second kappa shape index (κ2) is 13.0. The first-order valence-corrected chi connectivity index (χ1v) is 15.1. The minimum Gasteiger partial charge on any atom is -0.354 e. The normalized spacial score (nSPS) is 12.5. The summed E-state index contributed by atoms with van der Waals surface area (Å²) in [7, 11) is 4.19. The van der Waals surface area contributed by atoms with Crippen molar-refractivity contribution in [3.8, 4) is 0 Å². The second-order valence-corrected chi connectivity index (χ2v) is 15.5. The van der Waals surface area contributed by atoms with Gasteiger partial charge in [-0.05, 0) is 23.5 Å². The molecule has 0 aliphatic rings. The maximum Gasteiger partial charge on any atom is 0.111 e. The number of nitrogens with zero attached hydrogens (tertiary/aromatic N) is 4. The maximum absolute atomic E-state index is 4.67. The molecule has 5 heteroatoms. The van der Waals surface area contributed by atoms with Gasteiger partial charge in [0.15, 0.2) is 0 Å². The molecular formula is C33H58N4S. The van der Waals surface area contributed by atoms with Crippen molar-refractivity contribution in [1.29, 1.82) is 0 Å². The van der Waals surface area contributed by atoms with Gasteiger partial charge in [0, 0.05) is 59.7 Å². The SMILES string of the molecule is CC(C)(C)c1csc(C(C)(C)C)n1.CC(C)c1cc(C(C)C)n(C)c1.CC(C)c1nc(C(C)(C)C)cn1C. The summed E-state index contributed by atoms with van der Waals surface area (Å²) in [5.74, 6) is 2.94. The van der Waals surface area contributed by atoms with Crippen molar-refractivity contribution < 1.29 is 0 Å². The average molecular weight is 543 g/mol. The Kier molecular flexibility index (Phi) is 11.7. The molecule has 0 radical (unpaired) electrons. The van der Waals surface area contributed by atoms with Gasteiger partial charge in [0.05, 0.1) is 16.4 Å². The number of aryl methyl sites for hydroxylation is 2. The highest BCUT2D eigenvalue weighted by Crippen LogP contribution is 2.30. The monoisotopic (exact) mass is 542 g/mol. The van der Waals surface area contributed by atoms with Crippen molar-refractivity contribution in [3.05, 3.63) is 57.3 Å². The number of hydrogen-bond donors (Lipinski definition) is 0. The summed E-state index contributed by atoms with van der Waals surface area (Å²) >= 11 is 1.77. The number of hydrogen-bond acceptors (Lipinski definition) is 3. The summed E-state index contributed by atoms with van der Waals surface area (Å²) in [4.78, 5) is 9.31. The number of rotatable bonds is 3. The first-order valence-electron chi connectivity index (χ1n) is 14.2. The minimum atomic E-state index is 0.158. The van der Waals surface area contributed by atoms with Crippen LogP contribution < -0.4 is 0 Å². The summed E-state index contributed by atoms with van der Waals surface area (Å²) in [6.07, 6.45) is 4.37. The Morgan fingerprint density at radius 2 is 1.16 bits per heavy atom. The highest BCUT2D eigenvalue weighted by molar-refractivity contribution is 7.09.